The molecular weight excluding hydrogens is 229 g/mol. The van der Waals surface area contributed by atoms with Gasteiger partial charge in [0.05, 0.1) is 5.92 Å². The fourth-order valence-corrected chi connectivity index (χ4v) is 2.35. The summed E-state index contributed by atoms with van der Waals surface area (Å²) in [5.74, 6) is -0.652. The second-order valence-electron chi connectivity index (χ2n) is 4.46. The lowest BCUT2D eigenvalue weighted by atomic mass is 9.93. The summed E-state index contributed by atoms with van der Waals surface area (Å²) in [6.45, 7) is 0. The maximum atomic E-state index is 13.3. The summed E-state index contributed by atoms with van der Waals surface area (Å²) in [4.78, 5) is 11.9. The number of halogens is 1. The summed E-state index contributed by atoms with van der Waals surface area (Å²) in [6, 6.07) is 14.2. The van der Waals surface area contributed by atoms with Gasteiger partial charge in [-0.2, -0.15) is 0 Å². The van der Waals surface area contributed by atoms with E-state index in [-0.39, 0.29) is 17.6 Å². The van der Waals surface area contributed by atoms with E-state index in [9.17, 15) is 9.18 Å². The highest BCUT2D eigenvalue weighted by molar-refractivity contribution is 6.03. The smallest absolute Gasteiger partial charge is 0.232 e. The van der Waals surface area contributed by atoms with Gasteiger partial charge in [-0.25, -0.2) is 4.39 Å². The summed E-state index contributed by atoms with van der Waals surface area (Å²) in [6.07, 6.45) is 0.600. The summed E-state index contributed by atoms with van der Waals surface area (Å²) < 4.78 is 13.3. The van der Waals surface area contributed by atoms with Crippen LogP contribution in [0.3, 0.4) is 0 Å². The Balaban J connectivity index is 1.94. The van der Waals surface area contributed by atoms with E-state index >= 15 is 0 Å². The Kier molecular flexibility index (Phi) is 2.59. The second kappa shape index (κ2) is 4.26. The molecule has 0 aromatic heterocycles. The predicted octanol–water partition coefficient (Wildman–Crippen LogP) is 3.10. The van der Waals surface area contributed by atoms with Gasteiger partial charge in [-0.05, 0) is 35.7 Å². The second-order valence-corrected chi connectivity index (χ2v) is 4.46. The summed E-state index contributed by atoms with van der Waals surface area (Å²) >= 11 is 0. The number of carbonyl (C=O) groups excluding carboxylic acids is 1. The van der Waals surface area contributed by atoms with Crippen LogP contribution in [-0.4, -0.2) is 5.91 Å². The van der Waals surface area contributed by atoms with Crippen LogP contribution in [0.15, 0.2) is 48.5 Å². The highest BCUT2D eigenvalue weighted by Crippen LogP contribution is 2.35. The Hall–Kier alpha value is -2.16. The number of rotatable bonds is 2. The van der Waals surface area contributed by atoms with E-state index in [0.29, 0.717) is 6.42 Å². The monoisotopic (exact) mass is 241 g/mol. The summed E-state index contributed by atoms with van der Waals surface area (Å²) in [7, 11) is 0. The summed E-state index contributed by atoms with van der Waals surface area (Å²) in [5.41, 5.74) is 2.56. The molecule has 2 aromatic rings. The number of hydrogen-bond donors (Lipinski definition) is 1. The van der Waals surface area contributed by atoms with Crippen LogP contribution in [0.2, 0.25) is 0 Å². The van der Waals surface area contributed by atoms with Gasteiger partial charge in [-0.3, -0.25) is 4.79 Å². The number of hydrogen-bond acceptors (Lipinski definition) is 1. The molecule has 3 heteroatoms. The molecule has 0 aliphatic carbocycles. The summed E-state index contributed by atoms with van der Waals surface area (Å²) in [5, 5.41) is 2.79. The molecule has 1 amide bonds. The maximum Gasteiger partial charge on any atom is 0.232 e. The van der Waals surface area contributed by atoms with Gasteiger partial charge in [-0.15, -0.1) is 0 Å². The standard InChI is InChI=1S/C15H12FNO/c16-11-6-7-14-12(9-11)13(15(18)17-14)8-10-4-2-1-3-5-10/h1-7,9,13H,8H2,(H,17,18). The van der Waals surface area contributed by atoms with E-state index in [1.807, 2.05) is 30.3 Å². The fourth-order valence-electron chi connectivity index (χ4n) is 2.35. The first-order valence-electron chi connectivity index (χ1n) is 5.88. The SMILES string of the molecule is O=C1Nc2ccc(F)cc2C1Cc1ccccc1. The number of nitrogens with one attached hydrogen (secondary N) is 1. The maximum absolute atomic E-state index is 13.3. The lowest BCUT2D eigenvalue weighted by molar-refractivity contribution is -0.117. The normalized spacial score (nSPS) is 17.4. The lowest BCUT2D eigenvalue weighted by Gasteiger charge is -2.08. The van der Waals surface area contributed by atoms with Crippen molar-refractivity contribution in [3.63, 3.8) is 0 Å². The Bertz CT molecular complexity index is 595. The molecule has 2 nitrogen and oxygen atoms in total. The van der Waals surface area contributed by atoms with Gasteiger partial charge in [0.15, 0.2) is 0 Å². The number of anilines is 1. The van der Waals surface area contributed by atoms with Crippen molar-refractivity contribution in [2.45, 2.75) is 12.3 Å². The van der Waals surface area contributed by atoms with Crippen LogP contribution in [0.25, 0.3) is 0 Å². The minimum Gasteiger partial charge on any atom is -0.325 e. The number of amides is 1. The molecular formula is C15H12FNO. The van der Waals surface area contributed by atoms with Crippen LogP contribution >= 0.6 is 0 Å². The van der Waals surface area contributed by atoms with Crippen molar-refractivity contribution in [2.24, 2.45) is 0 Å². The molecule has 0 radical (unpaired) electrons. The molecule has 0 bridgehead atoms. The van der Waals surface area contributed by atoms with E-state index in [1.54, 1.807) is 6.07 Å². The van der Waals surface area contributed by atoms with Gasteiger partial charge in [0.1, 0.15) is 5.82 Å². The zero-order valence-corrected chi connectivity index (χ0v) is 9.69. The number of fused-ring (bicyclic) bond motifs is 1. The van der Waals surface area contributed by atoms with Crippen LogP contribution in [0, 0.1) is 5.82 Å². The fraction of sp³-hybridized carbons (Fsp3) is 0.133. The lowest BCUT2D eigenvalue weighted by Crippen LogP contribution is -2.14. The van der Waals surface area contributed by atoms with Gasteiger partial charge >= 0.3 is 0 Å². The van der Waals surface area contributed by atoms with Crippen LogP contribution in [0.5, 0.6) is 0 Å². The van der Waals surface area contributed by atoms with Crippen molar-refractivity contribution in [3.8, 4) is 0 Å². The van der Waals surface area contributed by atoms with Gasteiger partial charge in [-0.1, -0.05) is 30.3 Å². The molecule has 3 rings (SSSR count). The van der Waals surface area contributed by atoms with Crippen LogP contribution in [-0.2, 0) is 11.2 Å². The first-order valence-corrected chi connectivity index (χ1v) is 5.88. The molecule has 0 fully saturated rings. The molecule has 1 aliphatic heterocycles. The van der Waals surface area contributed by atoms with Gasteiger partial charge in [0.25, 0.3) is 0 Å². The molecule has 1 N–H and O–H groups in total. The Morgan fingerprint density at radius 2 is 1.89 bits per heavy atom. The number of carbonyl (C=O) groups is 1. The third-order valence-corrected chi connectivity index (χ3v) is 3.25. The number of benzene rings is 2. The molecule has 0 saturated carbocycles. The first-order chi connectivity index (χ1) is 8.74. The zero-order chi connectivity index (χ0) is 12.5. The molecule has 1 unspecified atom stereocenters. The highest BCUT2D eigenvalue weighted by Gasteiger charge is 2.30. The average molecular weight is 241 g/mol. The van der Waals surface area contributed by atoms with Gasteiger partial charge < -0.3 is 5.32 Å². The first kappa shape index (κ1) is 11.0. The largest absolute Gasteiger partial charge is 0.325 e. The van der Waals surface area contributed by atoms with Crippen molar-refractivity contribution >= 4 is 11.6 Å². The topological polar surface area (TPSA) is 29.1 Å². The van der Waals surface area contributed by atoms with E-state index in [2.05, 4.69) is 5.32 Å². The molecule has 0 saturated heterocycles. The molecule has 2 aromatic carbocycles. The molecule has 1 aliphatic rings. The minimum atomic E-state index is -0.302. The molecule has 0 spiro atoms. The predicted molar refractivity (Wildman–Crippen MR) is 67.9 cm³/mol. The quantitative estimate of drug-likeness (QED) is 0.860. The molecule has 90 valence electrons. The third-order valence-electron chi connectivity index (χ3n) is 3.25. The van der Waals surface area contributed by atoms with Gasteiger partial charge in [0, 0.05) is 5.69 Å². The molecule has 1 heterocycles. The Morgan fingerprint density at radius 3 is 2.67 bits per heavy atom. The van der Waals surface area contributed by atoms with Crippen molar-refractivity contribution in [1.29, 1.82) is 0 Å². The minimum absolute atomic E-state index is 0.0561. The van der Waals surface area contributed by atoms with E-state index < -0.39 is 0 Å². The van der Waals surface area contributed by atoms with E-state index in [0.717, 1.165) is 16.8 Å². The van der Waals surface area contributed by atoms with Crippen molar-refractivity contribution in [3.05, 3.63) is 65.5 Å². The molecule has 18 heavy (non-hydrogen) atoms. The Morgan fingerprint density at radius 1 is 1.11 bits per heavy atom. The van der Waals surface area contributed by atoms with E-state index in [1.165, 1.54) is 12.1 Å². The van der Waals surface area contributed by atoms with Gasteiger partial charge in [0.2, 0.25) is 5.91 Å². The average Bonchev–Trinajstić information content (AvgIpc) is 2.67. The van der Waals surface area contributed by atoms with Crippen molar-refractivity contribution in [1.82, 2.24) is 0 Å². The zero-order valence-electron chi connectivity index (χ0n) is 9.69. The van der Waals surface area contributed by atoms with Crippen molar-refractivity contribution < 1.29 is 9.18 Å². The molecule has 1 atom stereocenters. The van der Waals surface area contributed by atoms with Crippen molar-refractivity contribution in [2.75, 3.05) is 5.32 Å². The highest BCUT2D eigenvalue weighted by atomic mass is 19.1. The van der Waals surface area contributed by atoms with E-state index in [4.69, 9.17) is 0 Å². The van der Waals surface area contributed by atoms with Crippen LogP contribution in [0.4, 0.5) is 10.1 Å². The third kappa shape index (κ3) is 1.88. The van der Waals surface area contributed by atoms with Crippen LogP contribution < -0.4 is 5.32 Å². The Labute approximate surface area is 104 Å². The van der Waals surface area contributed by atoms with Crippen LogP contribution in [0.1, 0.15) is 17.0 Å².